The third-order valence-electron chi connectivity index (χ3n) is 6.62. The highest BCUT2D eigenvalue weighted by molar-refractivity contribution is 6.06. The third-order valence-corrected chi connectivity index (χ3v) is 6.62. The summed E-state index contributed by atoms with van der Waals surface area (Å²) in [5, 5.41) is 8.53. The summed E-state index contributed by atoms with van der Waals surface area (Å²) in [6.45, 7) is 5.08. The number of aryl methyl sites for hydroxylation is 3. The third kappa shape index (κ3) is 5.23. The van der Waals surface area contributed by atoms with Crippen LogP contribution in [0.5, 0.6) is 0 Å². The van der Waals surface area contributed by atoms with Crippen LogP contribution in [-0.4, -0.2) is 64.5 Å². The van der Waals surface area contributed by atoms with Crippen LogP contribution in [0.1, 0.15) is 34.7 Å². The van der Waals surface area contributed by atoms with Crippen LogP contribution in [0.4, 0.5) is 11.4 Å². The summed E-state index contributed by atoms with van der Waals surface area (Å²) in [5.74, 6) is -0.389. The van der Waals surface area contributed by atoms with E-state index in [-0.39, 0.29) is 30.3 Å². The zero-order chi connectivity index (χ0) is 26.8. The van der Waals surface area contributed by atoms with Crippen molar-refractivity contribution in [2.45, 2.75) is 32.8 Å². The van der Waals surface area contributed by atoms with Crippen molar-refractivity contribution in [2.75, 3.05) is 37.0 Å². The van der Waals surface area contributed by atoms with Crippen molar-refractivity contribution in [3.63, 3.8) is 0 Å². The summed E-state index contributed by atoms with van der Waals surface area (Å²) in [4.78, 5) is 35.9. The van der Waals surface area contributed by atoms with Gasteiger partial charge < -0.3 is 24.1 Å². The molecule has 0 saturated carbocycles. The number of anilines is 2. The number of benzene rings is 1. The maximum absolute atomic E-state index is 13.3. The molecule has 0 radical (unpaired) electrons. The minimum Gasteiger partial charge on any atom is -0.461 e. The fraction of sp³-hybridized carbons (Fsp3) is 0.370. The Bertz CT molecular complexity index is 1480. The van der Waals surface area contributed by atoms with Crippen LogP contribution in [0.2, 0.25) is 0 Å². The number of oxazole rings is 1. The first-order chi connectivity index (χ1) is 18.3. The van der Waals surface area contributed by atoms with Crippen molar-refractivity contribution in [2.24, 2.45) is 7.05 Å². The van der Waals surface area contributed by atoms with E-state index in [1.807, 2.05) is 43.8 Å². The molecule has 4 aromatic rings. The van der Waals surface area contributed by atoms with Gasteiger partial charge in [0.05, 0.1) is 22.6 Å². The second kappa shape index (κ2) is 10.6. The predicted molar refractivity (Wildman–Crippen MR) is 141 cm³/mol. The number of methoxy groups -OCH3 is 1. The van der Waals surface area contributed by atoms with E-state index in [0.717, 1.165) is 33.5 Å². The number of aromatic nitrogens is 4. The molecule has 1 aliphatic rings. The van der Waals surface area contributed by atoms with Crippen molar-refractivity contribution < 1.29 is 23.5 Å². The molecule has 0 atom stereocenters. The smallest absolute Gasteiger partial charge is 0.332 e. The van der Waals surface area contributed by atoms with Gasteiger partial charge in [0.15, 0.2) is 5.69 Å². The molecule has 1 fully saturated rings. The van der Waals surface area contributed by atoms with Crippen LogP contribution in [0, 0.1) is 13.8 Å². The molecule has 1 N–H and O–H groups in total. The lowest BCUT2D eigenvalue weighted by atomic mass is 10.0. The topological polar surface area (TPSA) is 125 Å². The molecule has 5 rings (SSSR count). The van der Waals surface area contributed by atoms with Gasteiger partial charge in [-0.3, -0.25) is 14.5 Å². The molecule has 1 aliphatic heterocycles. The molecule has 3 aromatic heterocycles. The van der Waals surface area contributed by atoms with E-state index in [9.17, 15) is 9.59 Å². The number of carbonyl (C=O) groups is 2. The predicted octanol–water partition coefficient (Wildman–Crippen LogP) is 3.65. The monoisotopic (exact) mass is 518 g/mol. The van der Waals surface area contributed by atoms with Crippen LogP contribution < -0.4 is 10.2 Å². The molecule has 38 heavy (non-hydrogen) atoms. The Labute approximate surface area is 219 Å². The van der Waals surface area contributed by atoms with E-state index in [4.69, 9.17) is 13.9 Å². The van der Waals surface area contributed by atoms with Crippen molar-refractivity contribution in [1.29, 1.82) is 0 Å². The number of carbonyl (C=O) groups excluding carboxylic acids is 2. The first-order valence-corrected chi connectivity index (χ1v) is 12.4. The number of hydrogen-bond donors (Lipinski definition) is 1. The van der Waals surface area contributed by atoms with Gasteiger partial charge in [-0.05, 0) is 38.1 Å². The summed E-state index contributed by atoms with van der Waals surface area (Å²) in [6.07, 6.45) is 4.20. The molecule has 198 valence electrons. The number of hydrogen-bond acceptors (Lipinski definition) is 9. The van der Waals surface area contributed by atoms with Crippen molar-refractivity contribution in [1.82, 2.24) is 19.7 Å². The average Bonchev–Trinajstić information content (AvgIpc) is 3.49. The van der Waals surface area contributed by atoms with Crippen LogP contribution in [-0.2, 0) is 21.3 Å². The SMILES string of the molecule is COCC(=O)OC1CCN(c2cc3c(cc2NC(=O)c2coc(-c4ccnc(C)c4)n2)c(C)nn3C)CC1. The van der Waals surface area contributed by atoms with E-state index in [1.54, 1.807) is 12.3 Å². The molecule has 0 bridgehead atoms. The number of nitrogens with one attached hydrogen (secondary N) is 1. The second-order valence-electron chi connectivity index (χ2n) is 9.38. The van der Waals surface area contributed by atoms with Gasteiger partial charge in [0.25, 0.3) is 5.91 Å². The van der Waals surface area contributed by atoms with Gasteiger partial charge in [-0.25, -0.2) is 9.78 Å². The number of piperidine rings is 1. The molecule has 1 saturated heterocycles. The Kier molecular flexibility index (Phi) is 7.10. The molecule has 0 aliphatic carbocycles. The standard InChI is InChI=1S/C27H30N6O5/c1-16-11-18(5-8-28-16)27-30-22(14-37-27)26(35)29-21-12-20-17(2)31-32(3)23(20)13-24(21)33-9-6-19(7-10-33)38-25(34)15-36-4/h5,8,11-14,19H,6-7,9-10,15H2,1-4H3,(H,29,35). The lowest BCUT2D eigenvalue weighted by Crippen LogP contribution is -2.38. The zero-order valence-corrected chi connectivity index (χ0v) is 21.9. The largest absolute Gasteiger partial charge is 0.461 e. The second-order valence-corrected chi connectivity index (χ2v) is 9.38. The van der Waals surface area contributed by atoms with E-state index in [2.05, 4.69) is 25.3 Å². The molecule has 0 unspecified atom stereocenters. The fourth-order valence-electron chi connectivity index (χ4n) is 4.76. The lowest BCUT2D eigenvalue weighted by Gasteiger charge is -2.34. The van der Waals surface area contributed by atoms with E-state index < -0.39 is 0 Å². The fourth-order valence-corrected chi connectivity index (χ4v) is 4.76. The summed E-state index contributed by atoms with van der Waals surface area (Å²) in [7, 11) is 3.37. The number of pyridine rings is 1. The summed E-state index contributed by atoms with van der Waals surface area (Å²) in [5.41, 5.74) is 5.09. The van der Waals surface area contributed by atoms with Gasteiger partial charge in [0, 0.05) is 62.9 Å². The maximum Gasteiger partial charge on any atom is 0.332 e. The Morgan fingerprint density at radius 3 is 2.71 bits per heavy atom. The molecule has 0 spiro atoms. The van der Waals surface area contributed by atoms with Gasteiger partial charge in [-0.2, -0.15) is 5.10 Å². The van der Waals surface area contributed by atoms with Crippen LogP contribution >= 0.6 is 0 Å². The molecular formula is C27H30N6O5. The van der Waals surface area contributed by atoms with Gasteiger partial charge in [0.2, 0.25) is 5.89 Å². The molecule has 1 aromatic carbocycles. The van der Waals surface area contributed by atoms with Crippen molar-refractivity contribution >= 4 is 34.2 Å². The zero-order valence-electron chi connectivity index (χ0n) is 21.9. The number of rotatable bonds is 7. The summed E-state index contributed by atoms with van der Waals surface area (Å²) < 4.78 is 17.8. The highest BCUT2D eigenvalue weighted by atomic mass is 16.6. The van der Waals surface area contributed by atoms with Gasteiger partial charge >= 0.3 is 5.97 Å². The summed E-state index contributed by atoms with van der Waals surface area (Å²) >= 11 is 0. The molecular weight excluding hydrogens is 488 g/mol. The molecule has 4 heterocycles. The minimum atomic E-state index is -0.378. The van der Waals surface area contributed by atoms with Gasteiger partial charge in [0.1, 0.15) is 19.0 Å². The van der Waals surface area contributed by atoms with Crippen LogP contribution in [0.3, 0.4) is 0 Å². The van der Waals surface area contributed by atoms with Gasteiger partial charge in [-0.1, -0.05) is 0 Å². The number of nitrogens with zero attached hydrogens (tertiary/aromatic N) is 5. The molecule has 1 amide bonds. The average molecular weight is 519 g/mol. The van der Waals surface area contributed by atoms with Crippen LogP contribution in [0.25, 0.3) is 22.4 Å². The van der Waals surface area contributed by atoms with Crippen molar-refractivity contribution in [3.05, 3.63) is 53.8 Å². The summed E-state index contributed by atoms with van der Waals surface area (Å²) in [6, 6.07) is 7.62. The molecule has 11 nitrogen and oxygen atoms in total. The number of amides is 1. The maximum atomic E-state index is 13.3. The van der Waals surface area contributed by atoms with Crippen molar-refractivity contribution in [3.8, 4) is 11.5 Å². The Morgan fingerprint density at radius 1 is 1.18 bits per heavy atom. The highest BCUT2D eigenvalue weighted by Gasteiger charge is 2.26. The Morgan fingerprint density at radius 2 is 1.97 bits per heavy atom. The first-order valence-electron chi connectivity index (χ1n) is 12.4. The number of ether oxygens (including phenoxy) is 2. The van der Waals surface area contributed by atoms with E-state index >= 15 is 0 Å². The first kappa shape index (κ1) is 25.4. The van der Waals surface area contributed by atoms with Gasteiger partial charge in [-0.15, -0.1) is 0 Å². The molecule has 11 heteroatoms. The highest BCUT2D eigenvalue weighted by Crippen LogP contribution is 2.35. The Balaban J connectivity index is 1.39. The van der Waals surface area contributed by atoms with E-state index in [1.165, 1.54) is 13.4 Å². The normalized spacial score (nSPS) is 14.2. The van der Waals surface area contributed by atoms with E-state index in [0.29, 0.717) is 37.5 Å². The number of fused-ring (bicyclic) bond motifs is 1. The quantitative estimate of drug-likeness (QED) is 0.365. The number of esters is 1. The minimum absolute atomic E-state index is 0.0581. The lowest BCUT2D eigenvalue weighted by molar-refractivity contribution is -0.154. The van der Waals surface area contributed by atoms with Crippen LogP contribution in [0.15, 0.2) is 41.1 Å². The Hall–Kier alpha value is -4.25.